The van der Waals surface area contributed by atoms with E-state index in [0.717, 1.165) is 5.52 Å². The molecule has 0 bridgehead atoms. The number of hydrogen-bond acceptors (Lipinski definition) is 4. The van der Waals surface area contributed by atoms with Crippen LogP contribution in [0.25, 0.3) is 5.52 Å². The fourth-order valence-electron chi connectivity index (χ4n) is 4.19. The minimum atomic E-state index is -3.17. The Morgan fingerprint density at radius 1 is 1.30 bits per heavy atom. The molecule has 1 saturated heterocycles. The van der Waals surface area contributed by atoms with E-state index >= 15 is 0 Å². The molecule has 124 valence electrons. The van der Waals surface area contributed by atoms with Gasteiger partial charge in [0.05, 0.1) is 35.0 Å². The molecule has 0 spiro atoms. The number of hydrogen-bond donors (Lipinski definition) is 1. The van der Waals surface area contributed by atoms with Crippen LogP contribution in [0.4, 0.5) is 0 Å². The van der Waals surface area contributed by atoms with Gasteiger partial charge in [0.2, 0.25) is 10.0 Å². The van der Waals surface area contributed by atoms with Crippen LogP contribution in [0.15, 0.2) is 24.7 Å². The van der Waals surface area contributed by atoms with E-state index < -0.39 is 15.6 Å². The quantitative estimate of drug-likeness (QED) is 0.885. The topological polar surface area (TPSA) is 74.9 Å². The van der Waals surface area contributed by atoms with Gasteiger partial charge in [-0.25, -0.2) is 17.7 Å². The Morgan fingerprint density at radius 2 is 1.96 bits per heavy atom. The summed E-state index contributed by atoms with van der Waals surface area (Å²) in [7, 11) is -3.17. The lowest BCUT2D eigenvalue weighted by atomic mass is 9.94. The third-order valence-corrected chi connectivity index (χ3v) is 6.73. The molecule has 1 aliphatic carbocycles. The zero-order valence-electron chi connectivity index (χ0n) is 12.7. The van der Waals surface area contributed by atoms with Crippen LogP contribution in [-0.2, 0) is 15.6 Å². The number of aromatic nitrogens is 2. The van der Waals surface area contributed by atoms with Crippen molar-refractivity contribution in [2.45, 2.75) is 18.4 Å². The highest BCUT2D eigenvalue weighted by Crippen LogP contribution is 2.50. The second-order valence-electron chi connectivity index (χ2n) is 6.76. The minimum Gasteiger partial charge on any atom is -0.384 e. The highest BCUT2D eigenvalue weighted by Gasteiger charge is 2.52. The normalized spacial score (nSPS) is 31.8. The van der Waals surface area contributed by atoms with E-state index in [2.05, 4.69) is 4.98 Å². The van der Waals surface area contributed by atoms with Gasteiger partial charge in [0.1, 0.15) is 5.60 Å². The Hall–Kier alpha value is -1.15. The van der Waals surface area contributed by atoms with Gasteiger partial charge in [-0.15, -0.1) is 0 Å². The molecule has 3 atom stereocenters. The van der Waals surface area contributed by atoms with Crippen molar-refractivity contribution in [2.24, 2.45) is 11.8 Å². The average Bonchev–Trinajstić information content (AvgIpc) is 3.09. The van der Waals surface area contributed by atoms with Crippen LogP contribution in [0.3, 0.4) is 0 Å². The van der Waals surface area contributed by atoms with E-state index in [1.54, 1.807) is 18.6 Å². The number of pyridine rings is 1. The van der Waals surface area contributed by atoms with Crippen molar-refractivity contribution < 1.29 is 13.5 Å². The van der Waals surface area contributed by atoms with Gasteiger partial charge in [-0.3, -0.25) is 4.40 Å². The second kappa shape index (κ2) is 4.92. The first kappa shape index (κ1) is 15.4. The molecule has 1 aliphatic heterocycles. The molecule has 2 aliphatic rings. The summed E-state index contributed by atoms with van der Waals surface area (Å²) >= 11 is 6.37. The number of imidazole rings is 1. The van der Waals surface area contributed by atoms with Crippen LogP contribution < -0.4 is 0 Å². The molecule has 6 nitrogen and oxygen atoms in total. The first-order valence-corrected chi connectivity index (χ1v) is 9.79. The van der Waals surface area contributed by atoms with Gasteiger partial charge in [0, 0.05) is 13.1 Å². The first-order chi connectivity index (χ1) is 10.8. The van der Waals surface area contributed by atoms with E-state index in [1.165, 1.54) is 10.6 Å². The van der Waals surface area contributed by atoms with Crippen LogP contribution in [0, 0.1) is 11.8 Å². The molecule has 3 heterocycles. The van der Waals surface area contributed by atoms with Crippen molar-refractivity contribution in [3.05, 3.63) is 35.4 Å². The van der Waals surface area contributed by atoms with Crippen molar-refractivity contribution in [3.63, 3.8) is 0 Å². The SMILES string of the molecule is CS(=O)(=O)N1CC2CC(O)(c3c(Cl)ccc4cncn34)C[C@@H]2C1. The Bertz CT molecular complexity index is 865. The predicted molar refractivity (Wildman–Crippen MR) is 86.7 cm³/mol. The maximum Gasteiger partial charge on any atom is 0.211 e. The van der Waals surface area contributed by atoms with Gasteiger partial charge < -0.3 is 5.11 Å². The first-order valence-electron chi connectivity index (χ1n) is 7.56. The third kappa shape index (κ3) is 2.38. The zero-order chi connectivity index (χ0) is 16.4. The number of halogens is 1. The van der Waals surface area contributed by atoms with E-state index in [1.807, 2.05) is 10.5 Å². The third-order valence-electron chi connectivity index (χ3n) is 5.19. The van der Waals surface area contributed by atoms with E-state index in [0.29, 0.717) is 36.6 Å². The Morgan fingerprint density at radius 3 is 2.57 bits per heavy atom. The number of nitrogens with zero attached hydrogens (tertiary/aromatic N) is 3. The van der Waals surface area contributed by atoms with Crippen LogP contribution in [0.1, 0.15) is 18.5 Å². The summed E-state index contributed by atoms with van der Waals surface area (Å²) in [6, 6.07) is 3.64. The van der Waals surface area contributed by atoms with Crippen molar-refractivity contribution in [1.82, 2.24) is 13.7 Å². The molecule has 23 heavy (non-hydrogen) atoms. The maximum absolute atomic E-state index is 11.7. The van der Waals surface area contributed by atoms with Crippen molar-refractivity contribution >= 4 is 27.1 Å². The zero-order valence-corrected chi connectivity index (χ0v) is 14.3. The summed E-state index contributed by atoms with van der Waals surface area (Å²) in [4.78, 5) is 4.13. The standard InChI is InChI=1S/C15H18ClN3O3S/c1-23(21,22)18-7-10-4-15(20,5-11(10)8-18)14-13(16)3-2-12-6-17-9-19(12)14/h2-3,6,9-11,20H,4-5,7-8H2,1H3/t10-,11?,15?/m1/s1. The molecule has 4 rings (SSSR count). The monoisotopic (exact) mass is 355 g/mol. The summed E-state index contributed by atoms with van der Waals surface area (Å²) in [6.07, 6.45) is 5.65. The van der Waals surface area contributed by atoms with Crippen LogP contribution in [0.2, 0.25) is 5.02 Å². The Balaban J connectivity index is 1.70. The lowest BCUT2D eigenvalue weighted by Crippen LogP contribution is -2.32. The van der Waals surface area contributed by atoms with Gasteiger partial charge in [0.15, 0.2) is 0 Å². The maximum atomic E-state index is 11.7. The Kier molecular flexibility index (Phi) is 3.29. The molecule has 2 unspecified atom stereocenters. The van der Waals surface area contributed by atoms with E-state index in [-0.39, 0.29) is 11.8 Å². The van der Waals surface area contributed by atoms with Gasteiger partial charge in [-0.2, -0.15) is 0 Å². The molecule has 0 radical (unpaired) electrons. The summed E-state index contributed by atoms with van der Waals surface area (Å²) in [5, 5.41) is 11.8. The molecule has 1 N–H and O–H groups in total. The summed E-state index contributed by atoms with van der Waals surface area (Å²) in [5.41, 5.74) is 0.498. The smallest absolute Gasteiger partial charge is 0.211 e. The average molecular weight is 356 g/mol. The largest absolute Gasteiger partial charge is 0.384 e. The number of aliphatic hydroxyl groups is 1. The summed E-state index contributed by atoms with van der Waals surface area (Å²) in [5.74, 6) is 0.314. The van der Waals surface area contributed by atoms with Gasteiger partial charge in [0.25, 0.3) is 0 Å². The van der Waals surface area contributed by atoms with Gasteiger partial charge in [-0.1, -0.05) is 11.6 Å². The van der Waals surface area contributed by atoms with Crippen LogP contribution in [-0.4, -0.2) is 46.6 Å². The minimum absolute atomic E-state index is 0.157. The van der Waals surface area contributed by atoms with Crippen LogP contribution in [0.5, 0.6) is 0 Å². The Labute approximate surface area is 139 Å². The fourth-order valence-corrected chi connectivity index (χ4v) is 5.44. The molecular formula is C15H18ClN3O3S. The summed E-state index contributed by atoms with van der Waals surface area (Å²) < 4.78 is 26.8. The summed E-state index contributed by atoms with van der Waals surface area (Å²) in [6.45, 7) is 0.951. The number of rotatable bonds is 2. The molecular weight excluding hydrogens is 338 g/mol. The molecule has 2 aromatic heterocycles. The van der Waals surface area contributed by atoms with Crippen molar-refractivity contribution in [3.8, 4) is 0 Å². The molecule has 8 heteroatoms. The molecule has 1 saturated carbocycles. The fraction of sp³-hybridized carbons (Fsp3) is 0.533. The van der Waals surface area contributed by atoms with Crippen molar-refractivity contribution in [1.29, 1.82) is 0 Å². The lowest BCUT2D eigenvalue weighted by Gasteiger charge is -2.27. The number of fused-ring (bicyclic) bond motifs is 2. The van der Waals surface area contributed by atoms with Gasteiger partial charge in [-0.05, 0) is 36.8 Å². The van der Waals surface area contributed by atoms with Crippen LogP contribution >= 0.6 is 11.6 Å². The molecule has 2 aromatic rings. The van der Waals surface area contributed by atoms with E-state index in [4.69, 9.17) is 11.6 Å². The van der Waals surface area contributed by atoms with E-state index in [9.17, 15) is 13.5 Å². The molecule has 0 aromatic carbocycles. The number of sulfonamides is 1. The highest BCUT2D eigenvalue weighted by atomic mass is 35.5. The highest BCUT2D eigenvalue weighted by molar-refractivity contribution is 7.88. The van der Waals surface area contributed by atoms with Crippen molar-refractivity contribution in [2.75, 3.05) is 19.3 Å². The van der Waals surface area contributed by atoms with Gasteiger partial charge >= 0.3 is 0 Å². The molecule has 0 amide bonds. The lowest BCUT2D eigenvalue weighted by molar-refractivity contribution is 0.0285. The predicted octanol–water partition coefficient (Wildman–Crippen LogP) is 1.48. The molecule has 2 fully saturated rings. The second-order valence-corrected chi connectivity index (χ2v) is 9.15.